The SMILES string of the molecule is CCNC(=O)C1(Cc2ccccc2-c2ccc(C)cc2)CCCN(C(=O)c2cnccn2)C1. The molecule has 1 aliphatic rings. The second kappa shape index (κ2) is 9.94. The second-order valence-corrected chi connectivity index (χ2v) is 8.76. The van der Waals surface area contributed by atoms with Gasteiger partial charge in [0.1, 0.15) is 5.69 Å². The number of piperidine rings is 1. The van der Waals surface area contributed by atoms with E-state index in [9.17, 15) is 9.59 Å². The molecule has 0 spiro atoms. The maximum absolute atomic E-state index is 13.4. The van der Waals surface area contributed by atoms with Crippen molar-refractivity contribution in [3.8, 4) is 11.1 Å². The summed E-state index contributed by atoms with van der Waals surface area (Å²) in [5.41, 5.74) is 4.18. The van der Waals surface area contributed by atoms with Gasteiger partial charge in [-0.3, -0.25) is 14.6 Å². The first-order valence-corrected chi connectivity index (χ1v) is 11.5. The summed E-state index contributed by atoms with van der Waals surface area (Å²) in [6, 6.07) is 16.7. The Morgan fingerprint density at radius 1 is 1.09 bits per heavy atom. The van der Waals surface area contributed by atoms with E-state index >= 15 is 0 Å². The van der Waals surface area contributed by atoms with Gasteiger partial charge in [0.2, 0.25) is 5.91 Å². The van der Waals surface area contributed by atoms with Crippen LogP contribution in [0.4, 0.5) is 0 Å². The molecule has 3 aromatic rings. The quantitative estimate of drug-likeness (QED) is 0.625. The lowest BCUT2D eigenvalue weighted by atomic mass is 9.73. The summed E-state index contributed by atoms with van der Waals surface area (Å²) in [6.45, 7) is 5.52. The number of nitrogens with one attached hydrogen (secondary N) is 1. The molecule has 1 N–H and O–H groups in total. The van der Waals surface area contributed by atoms with Crippen molar-refractivity contribution in [1.82, 2.24) is 20.2 Å². The van der Waals surface area contributed by atoms with E-state index in [1.807, 2.05) is 19.1 Å². The van der Waals surface area contributed by atoms with Gasteiger partial charge in [0.25, 0.3) is 5.91 Å². The van der Waals surface area contributed by atoms with E-state index in [2.05, 4.69) is 58.6 Å². The molecule has 4 rings (SSSR count). The van der Waals surface area contributed by atoms with E-state index in [0.717, 1.165) is 29.5 Å². The molecule has 1 unspecified atom stereocenters. The van der Waals surface area contributed by atoms with Crippen LogP contribution in [0.3, 0.4) is 0 Å². The second-order valence-electron chi connectivity index (χ2n) is 8.76. The largest absolute Gasteiger partial charge is 0.356 e. The lowest BCUT2D eigenvalue weighted by molar-refractivity contribution is -0.133. The molecule has 1 atom stereocenters. The van der Waals surface area contributed by atoms with Gasteiger partial charge in [-0.05, 0) is 49.8 Å². The minimum absolute atomic E-state index is 0.000329. The van der Waals surface area contributed by atoms with Crippen LogP contribution < -0.4 is 5.32 Å². The fourth-order valence-corrected chi connectivity index (χ4v) is 4.69. The molecule has 6 nitrogen and oxygen atoms in total. The lowest BCUT2D eigenvalue weighted by Gasteiger charge is -2.42. The number of hydrogen-bond acceptors (Lipinski definition) is 4. The number of aromatic nitrogens is 2. The van der Waals surface area contributed by atoms with Crippen LogP contribution in [0.1, 0.15) is 41.4 Å². The Labute approximate surface area is 195 Å². The predicted octanol–water partition coefficient (Wildman–Crippen LogP) is 4.05. The van der Waals surface area contributed by atoms with Crippen LogP contribution in [0.25, 0.3) is 11.1 Å². The molecule has 1 aromatic heterocycles. The third-order valence-corrected chi connectivity index (χ3v) is 6.37. The van der Waals surface area contributed by atoms with Gasteiger partial charge in [0.15, 0.2) is 0 Å². The smallest absolute Gasteiger partial charge is 0.274 e. The van der Waals surface area contributed by atoms with Gasteiger partial charge in [-0.1, -0.05) is 54.1 Å². The van der Waals surface area contributed by atoms with Crippen molar-refractivity contribution >= 4 is 11.8 Å². The van der Waals surface area contributed by atoms with Crippen LogP contribution in [0.15, 0.2) is 67.1 Å². The first-order valence-electron chi connectivity index (χ1n) is 11.5. The van der Waals surface area contributed by atoms with Crippen molar-refractivity contribution in [3.05, 3.63) is 83.9 Å². The minimum Gasteiger partial charge on any atom is -0.356 e. The molecule has 0 aliphatic carbocycles. The summed E-state index contributed by atoms with van der Waals surface area (Å²) in [5.74, 6) is -0.177. The standard InChI is InChI=1S/C27H30N4O2/c1-3-29-26(33)27(13-6-16-31(19-27)25(32)24-18-28-14-15-30-24)17-22-7-4-5-8-23(22)21-11-9-20(2)10-12-21/h4-5,7-12,14-15,18H,3,6,13,16-17,19H2,1-2H3,(H,29,33). The number of likely N-dealkylation sites (tertiary alicyclic amines) is 1. The highest BCUT2D eigenvalue weighted by molar-refractivity contribution is 5.93. The highest BCUT2D eigenvalue weighted by Crippen LogP contribution is 2.37. The van der Waals surface area contributed by atoms with Crippen molar-refractivity contribution in [2.45, 2.75) is 33.1 Å². The van der Waals surface area contributed by atoms with Crippen LogP contribution in [0, 0.1) is 12.3 Å². The number of carbonyl (C=O) groups excluding carboxylic acids is 2. The highest BCUT2D eigenvalue weighted by Gasteiger charge is 2.44. The Hall–Kier alpha value is -3.54. The Bertz CT molecular complexity index is 1110. The molecule has 170 valence electrons. The average Bonchev–Trinajstić information content (AvgIpc) is 2.85. The van der Waals surface area contributed by atoms with Gasteiger partial charge >= 0.3 is 0 Å². The van der Waals surface area contributed by atoms with E-state index in [-0.39, 0.29) is 11.8 Å². The zero-order valence-electron chi connectivity index (χ0n) is 19.3. The lowest BCUT2D eigenvalue weighted by Crippen LogP contribution is -2.54. The number of benzene rings is 2. The summed E-state index contributed by atoms with van der Waals surface area (Å²) in [7, 11) is 0. The van der Waals surface area contributed by atoms with Crippen molar-refractivity contribution in [2.24, 2.45) is 5.41 Å². The van der Waals surface area contributed by atoms with Gasteiger partial charge in [-0.15, -0.1) is 0 Å². The Morgan fingerprint density at radius 3 is 2.61 bits per heavy atom. The van der Waals surface area contributed by atoms with Gasteiger partial charge < -0.3 is 10.2 Å². The first kappa shape index (κ1) is 22.6. The van der Waals surface area contributed by atoms with Gasteiger partial charge in [0.05, 0.1) is 11.6 Å². The van der Waals surface area contributed by atoms with Crippen LogP contribution in [0.2, 0.25) is 0 Å². The van der Waals surface area contributed by atoms with Gasteiger partial charge in [-0.25, -0.2) is 4.98 Å². The van der Waals surface area contributed by atoms with Crippen molar-refractivity contribution in [1.29, 1.82) is 0 Å². The van der Waals surface area contributed by atoms with Crippen molar-refractivity contribution < 1.29 is 9.59 Å². The third kappa shape index (κ3) is 4.95. The Balaban J connectivity index is 1.68. The molecular weight excluding hydrogens is 412 g/mol. The fraction of sp³-hybridized carbons (Fsp3) is 0.333. The summed E-state index contributed by atoms with van der Waals surface area (Å²) in [6.07, 6.45) is 6.60. The van der Waals surface area contributed by atoms with E-state index in [1.165, 1.54) is 18.0 Å². The van der Waals surface area contributed by atoms with E-state index < -0.39 is 5.41 Å². The summed E-state index contributed by atoms with van der Waals surface area (Å²) >= 11 is 0. The molecule has 1 aliphatic heterocycles. The van der Waals surface area contributed by atoms with E-state index in [0.29, 0.717) is 31.7 Å². The molecule has 0 radical (unpaired) electrons. The number of carbonyl (C=O) groups is 2. The normalized spacial score (nSPS) is 18.1. The van der Waals surface area contributed by atoms with Gasteiger partial charge in [0, 0.05) is 32.0 Å². The first-order chi connectivity index (χ1) is 16.0. The number of aryl methyl sites for hydroxylation is 1. The molecule has 0 bridgehead atoms. The maximum Gasteiger partial charge on any atom is 0.274 e. The van der Waals surface area contributed by atoms with Gasteiger partial charge in [-0.2, -0.15) is 0 Å². The van der Waals surface area contributed by atoms with Crippen LogP contribution in [-0.2, 0) is 11.2 Å². The molecule has 0 saturated carbocycles. The molecule has 1 fully saturated rings. The van der Waals surface area contributed by atoms with E-state index in [4.69, 9.17) is 0 Å². The number of rotatable bonds is 6. The molecule has 2 heterocycles. The molecule has 6 heteroatoms. The fourth-order valence-electron chi connectivity index (χ4n) is 4.69. The van der Waals surface area contributed by atoms with Crippen LogP contribution in [0.5, 0.6) is 0 Å². The number of amides is 2. The monoisotopic (exact) mass is 442 g/mol. The van der Waals surface area contributed by atoms with Crippen molar-refractivity contribution in [3.63, 3.8) is 0 Å². The molecular formula is C27H30N4O2. The van der Waals surface area contributed by atoms with Crippen LogP contribution in [-0.4, -0.2) is 46.3 Å². The topological polar surface area (TPSA) is 75.2 Å². The molecule has 33 heavy (non-hydrogen) atoms. The third-order valence-electron chi connectivity index (χ3n) is 6.37. The minimum atomic E-state index is -0.701. The number of nitrogens with zero attached hydrogens (tertiary/aromatic N) is 3. The molecule has 2 amide bonds. The van der Waals surface area contributed by atoms with Crippen molar-refractivity contribution in [2.75, 3.05) is 19.6 Å². The maximum atomic E-state index is 13.4. The molecule has 1 saturated heterocycles. The van der Waals surface area contributed by atoms with Crippen LogP contribution >= 0.6 is 0 Å². The zero-order valence-corrected chi connectivity index (χ0v) is 19.3. The average molecular weight is 443 g/mol. The van der Waals surface area contributed by atoms with E-state index in [1.54, 1.807) is 11.1 Å². The summed E-state index contributed by atoms with van der Waals surface area (Å²) in [5, 5.41) is 3.04. The molecule has 2 aromatic carbocycles. The Morgan fingerprint density at radius 2 is 1.88 bits per heavy atom. The highest BCUT2D eigenvalue weighted by atomic mass is 16.2. The Kier molecular flexibility index (Phi) is 6.82. The zero-order chi connectivity index (χ0) is 23.3. The summed E-state index contributed by atoms with van der Waals surface area (Å²) in [4.78, 5) is 36.5. The number of hydrogen-bond donors (Lipinski definition) is 1. The summed E-state index contributed by atoms with van der Waals surface area (Å²) < 4.78 is 0. The predicted molar refractivity (Wildman–Crippen MR) is 129 cm³/mol.